The van der Waals surface area contributed by atoms with Gasteiger partial charge >= 0.3 is 5.97 Å². The van der Waals surface area contributed by atoms with E-state index in [1.165, 1.54) is 0 Å². The van der Waals surface area contributed by atoms with Crippen molar-refractivity contribution in [2.75, 3.05) is 6.79 Å². The molecule has 20 heavy (non-hydrogen) atoms. The molecule has 1 unspecified atom stereocenters. The lowest BCUT2D eigenvalue weighted by molar-refractivity contribution is -0.137. The lowest BCUT2D eigenvalue weighted by Crippen LogP contribution is -2.15. The molecule has 1 aromatic rings. The minimum absolute atomic E-state index is 0.0464. The fourth-order valence-electron chi connectivity index (χ4n) is 2.40. The molecular weight excluding hydrogens is 326 g/mol. The van der Waals surface area contributed by atoms with E-state index in [0.717, 1.165) is 21.3 Å². The van der Waals surface area contributed by atoms with Crippen LogP contribution < -0.4 is 15.2 Å². The Morgan fingerprint density at radius 3 is 2.70 bits per heavy atom. The smallest absolute Gasteiger partial charge is 0.303 e. The zero-order valence-corrected chi connectivity index (χ0v) is 13.1. The van der Waals surface area contributed by atoms with E-state index in [1.54, 1.807) is 0 Å². The molecule has 1 atom stereocenters. The third-order valence-electron chi connectivity index (χ3n) is 3.31. The van der Waals surface area contributed by atoms with Crippen molar-refractivity contribution in [3.63, 3.8) is 0 Å². The summed E-state index contributed by atoms with van der Waals surface area (Å²) in [6.45, 7) is 4.30. The standard InChI is InChI=1S/C14H18BrNO4/c1-7(2)12-8(10(16)3-4-11(17)18)5-9(15)13-14(12)20-6-19-13/h5,7,10H,3-4,6,16H2,1-2H3,(H,17,18). The van der Waals surface area contributed by atoms with E-state index in [0.29, 0.717) is 12.2 Å². The molecule has 0 bridgehead atoms. The predicted octanol–water partition coefficient (Wildman–Crippen LogP) is 3.17. The van der Waals surface area contributed by atoms with Gasteiger partial charge in [0.2, 0.25) is 6.79 Å². The molecular formula is C14H18BrNO4. The van der Waals surface area contributed by atoms with Crippen LogP contribution in [0.3, 0.4) is 0 Å². The molecule has 0 radical (unpaired) electrons. The molecule has 3 N–H and O–H groups in total. The molecule has 0 saturated heterocycles. The molecule has 0 aliphatic carbocycles. The SMILES string of the molecule is CC(C)c1c(C(N)CCC(=O)O)cc(Br)c2c1OCO2. The number of aliphatic carboxylic acids is 1. The van der Waals surface area contributed by atoms with Crippen molar-refractivity contribution in [1.82, 2.24) is 0 Å². The van der Waals surface area contributed by atoms with E-state index < -0.39 is 5.97 Å². The summed E-state index contributed by atoms with van der Waals surface area (Å²) in [7, 11) is 0. The van der Waals surface area contributed by atoms with Gasteiger partial charge in [0.05, 0.1) is 4.47 Å². The number of rotatable bonds is 5. The van der Waals surface area contributed by atoms with Gasteiger partial charge in [-0.1, -0.05) is 13.8 Å². The molecule has 110 valence electrons. The highest BCUT2D eigenvalue weighted by Gasteiger charge is 2.28. The topological polar surface area (TPSA) is 81.8 Å². The fraction of sp³-hybridized carbons (Fsp3) is 0.500. The maximum absolute atomic E-state index is 10.7. The summed E-state index contributed by atoms with van der Waals surface area (Å²) in [4.78, 5) is 10.7. The molecule has 0 spiro atoms. The van der Waals surface area contributed by atoms with Gasteiger partial charge in [-0.05, 0) is 39.9 Å². The summed E-state index contributed by atoms with van der Waals surface area (Å²) in [5.41, 5.74) is 8.08. The maximum atomic E-state index is 10.7. The van der Waals surface area contributed by atoms with E-state index in [9.17, 15) is 4.79 Å². The van der Waals surface area contributed by atoms with Gasteiger partial charge in [-0.2, -0.15) is 0 Å². The van der Waals surface area contributed by atoms with Gasteiger partial charge in [-0.15, -0.1) is 0 Å². The molecule has 0 fully saturated rings. The Kier molecular flexibility index (Phi) is 4.55. The van der Waals surface area contributed by atoms with Crippen LogP contribution in [0.4, 0.5) is 0 Å². The molecule has 5 nitrogen and oxygen atoms in total. The average Bonchev–Trinajstić information content (AvgIpc) is 2.84. The molecule has 0 aromatic heterocycles. The van der Waals surface area contributed by atoms with Gasteiger partial charge in [0, 0.05) is 18.0 Å². The summed E-state index contributed by atoms with van der Waals surface area (Å²) < 4.78 is 11.8. The largest absolute Gasteiger partial charge is 0.481 e. The van der Waals surface area contributed by atoms with Crippen molar-refractivity contribution in [1.29, 1.82) is 0 Å². The predicted molar refractivity (Wildman–Crippen MR) is 78.2 cm³/mol. The Morgan fingerprint density at radius 1 is 1.45 bits per heavy atom. The third kappa shape index (κ3) is 2.91. The van der Waals surface area contributed by atoms with Crippen LogP contribution in [0.15, 0.2) is 10.5 Å². The quantitative estimate of drug-likeness (QED) is 0.857. The zero-order chi connectivity index (χ0) is 14.9. The van der Waals surface area contributed by atoms with E-state index in [-0.39, 0.29) is 25.2 Å². The first-order chi connectivity index (χ1) is 9.41. The van der Waals surface area contributed by atoms with Crippen LogP contribution in [0.2, 0.25) is 0 Å². The third-order valence-corrected chi connectivity index (χ3v) is 3.90. The number of carbonyl (C=O) groups is 1. The lowest BCUT2D eigenvalue weighted by Gasteiger charge is -2.21. The molecule has 0 saturated carbocycles. The Labute approximate surface area is 126 Å². The van der Waals surface area contributed by atoms with Gasteiger partial charge in [-0.3, -0.25) is 4.79 Å². The van der Waals surface area contributed by atoms with Crippen molar-refractivity contribution in [3.8, 4) is 11.5 Å². The number of benzene rings is 1. The second-order valence-electron chi connectivity index (χ2n) is 5.12. The van der Waals surface area contributed by atoms with Crippen LogP contribution >= 0.6 is 15.9 Å². The first-order valence-corrected chi connectivity index (χ1v) is 7.30. The van der Waals surface area contributed by atoms with Crippen LogP contribution in [0.5, 0.6) is 11.5 Å². The number of ether oxygens (including phenoxy) is 2. The van der Waals surface area contributed by atoms with Crippen LogP contribution in [0.1, 0.15) is 49.8 Å². The summed E-state index contributed by atoms with van der Waals surface area (Å²) in [5, 5.41) is 8.79. The maximum Gasteiger partial charge on any atom is 0.303 e. The lowest BCUT2D eigenvalue weighted by atomic mass is 9.90. The number of hydrogen-bond acceptors (Lipinski definition) is 4. The van der Waals surface area contributed by atoms with Gasteiger partial charge in [-0.25, -0.2) is 0 Å². The van der Waals surface area contributed by atoms with Gasteiger partial charge < -0.3 is 20.3 Å². The molecule has 0 amide bonds. The first-order valence-electron chi connectivity index (χ1n) is 6.51. The highest BCUT2D eigenvalue weighted by Crippen LogP contribution is 2.47. The molecule has 2 rings (SSSR count). The number of fused-ring (bicyclic) bond motifs is 1. The summed E-state index contributed by atoms with van der Waals surface area (Å²) in [6, 6.07) is 1.57. The zero-order valence-electron chi connectivity index (χ0n) is 11.5. The number of nitrogens with two attached hydrogens (primary N) is 1. The van der Waals surface area contributed by atoms with Crippen molar-refractivity contribution >= 4 is 21.9 Å². The first kappa shape index (κ1) is 15.1. The van der Waals surface area contributed by atoms with Crippen molar-refractivity contribution in [2.24, 2.45) is 5.73 Å². The molecule has 1 aliphatic rings. The fourth-order valence-corrected chi connectivity index (χ4v) is 2.94. The van der Waals surface area contributed by atoms with Crippen molar-refractivity contribution in [3.05, 3.63) is 21.7 Å². The Bertz CT molecular complexity index is 530. The van der Waals surface area contributed by atoms with Crippen molar-refractivity contribution in [2.45, 2.75) is 38.6 Å². The highest BCUT2D eigenvalue weighted by atomic mass is 79.9. The van der Waals surface area contributed by atoms with Crippen LogP contribution in [0, 0.1) is 0 Å². The number of carboxylic acid groups (broad SMARTS) is 1. The van der Waals surface area contributed by atoms with E-state index >= 15 is 0 Å². The number of halogens is 1. The Balaban J connectivity index is 2.41. The summed E-state index contributed by atoms with van der Waals surface area (Å²) >= 11 is 3.45. The number of carboxylic acids is 1. The second kappa shape index (κ2) is 6.01. The van der Waals surface area contributed by atoms with E-state index in [4.69, 9.17) is 20.3 Å². The minimum atomic E-state index is -0.841. The van der Waals surface area contributed by atoms with E-state index in [1.807, 2.05) is 6.07 Å². The number of hydrogen-bond donors (Lipinski definition) is 2. The second-order valence-corrected chi connectivity index (χ2v) is 5.97. The van der Waals surface area contributed by atoms with Gasteiger partial charge in [0.15, 0.2) is 11.5 Å². The highest BCUT2D eigenvalue weighted by molar-refractivity contribution is 9.10. The summed E-state index contributed by atoms with van der Waals surface area (Å²) in [6.07, 6.45) is 0.436. The van der Waals surface area contributed by atoms with E-state index in [2.05, 4.69) is 29.8 Å². The average molecular weight is 344 g/mol. The monoisotopic (exact) mass is 343 g/mol. The van der Waals surface area contributed by atoms with Crippen molar-refractivity contribution < 1.29 is 19.4 Å². The van der Waals surface area contributed by atoms with Gasteiger partial charge in [0.25, 0.3) is 0 Å². The van der Waals surface area contributed by atoms with Crippen LogP contribution in [0.25, 0.3) is 0 Å². The van der Waals surface area contributed by atoms with Crippen LogP contribution in [-0.4, -0.2) is 17.9 Å². The molecule has 1 aromatic carbocycles. The Hall–Kier alpha value is -1.27. The van der Waals surface area contributed by atoms with Crippen LogP contribution in [-0.2, 0) is 4.79 Å². The molecule has 1 heterocycles. The molecule has 1 aliphatic heterocycles. The minimum Gasteiger partial charge on any atom is -0.481 e. The van der Waals surface area contributed by atoms with Gasteiger partial charge in [0.1, 0.15) is 0 Å². The molecule has 6 heteroatoms. The Morgan fingerprint density at radius 2 is 2.10 bits per heavy atom. The summed E-state index contributed by atoms with van der Waals surface area (Å²) in [5.74, 6) is 0.786. The normalized spacial score (nSPS) is 14.7.